The summed E-state index contributed by atoms with van der Waals surface area (Å²) in [6.45, 7) is 9.45. The Hall–Kier alpha value is -0.540. The standard InChI is InChI=1S/C15H24BrNO/c1-5-8-18-14-7-6-12(9-13(14)16)15(17)11(4)10(2)3/h6-7,9-11,15H,5,8,17H2,1-4H3. The van der Waals surface area contributed by atoms with Crippen LogP contribution in [0.3, 0.4) is 0 Å². The first kappa shape index (κ1) is 15.5. The lowest BCUT2D eigenvalue weighted by Crippen LogP contribution is -2.23. The monoisotopic (exact) mass is 313 g/mol. The van der Waals surface area contributed by atoms with Crippen molar-refractivity contribution in [3.63, 3.8) is 0 Å². The molecular weight excluding hydrogens is 290 g/mol. The highest BCUT2D eigenvalue weighted by Gasteiger charge is 2.18. The number of nitrogens with two attached hydrogens (primary N) is 1. The van der Waals surface area contributed by atoms with E-state index in [1.54, 1.807) is 0 Å². The van der Waals surface area contributed by atoms with Crippen LogP contribution in [-0.4, -0.2) is 6.61 Å². The van der Waals surface area contributed by atoms with Crippen LogP contribution < -0.4 is 10.5 Å². The molecule has 0 saturated carbocycles. The van der Waals surface area contributed by atoms with Crippen LogP contribution in [0.15, 0.2) is 22.7 Å². The molecule has 2 N–H and O–H groups in total. The van der Waals surface area contributed by atoms with Gasteiger partial charge < -0.3 is 10.5 Å². The zero-order chi connectivity index (χ0) is 13.7. The lowest BCUT2D eigenvalue weighted by Gasteiger charge is -2.24. The van der Waals surface area contributed by atoms with E-state index in [1.807, 2.05) is 6.07 Å². The van der Waals surface area contributed by atoms with Gasteiger partial charge in [-0.25, -0.2) is 0 Å². The van der Waals surface area contributed by atoms with Gasteiger partial charge in [0.1, 0.15) is 5.75 Å². The SMILES string of the molecule is CCCOc1ccc(C(N)C(C)C(C)C)cc1Br. The fourth-order valence-corrected chi connectivity index (χ4v) is 2.28. The summed E-state index contributed by atoms with van der Waals surface area (Å²) in [5.41, 5.74) is 7.46. The first-order chi connectivity index (χ1) is 8.47. The molecular formula is C15H24BrNO. The van der Waals surface area contributed by atoms with E-state index in [0.29, 0.717) is 11.8 Å². The van der Waals surface area contributed by atoms with Gasteiger partial charge in [0.15, 0.2) is 0 Å². The van der Waals surface area contributed by atoms with E-state index in [1.165, 1.54) is 0 Å². The number of hydrogen-bond donors (Lipinski definition) is 1. The Morgan fingerprint density at radius 1 is 1.28 bits per heavy atom. The first-order valence-electron chi connectivity index (χ1n) is 6.65. The van der Waals surface area contributed by atoms with Crippen LogP contribution in [0.25, 0.3) is 0 Å². The van der Waals surface area contributed by atoms with Gasteiger partial charge >= 0.3 is 0 Å². The maximum Gasteiger partial charge on any atom is 0.133 e. The van der Waals surface area contributed by atoms with Crippen molar-refractivity contribution in [1.29, 1.82) is 0 Å². The quantitative estimate of drug-likeness (QED) is 0.837. The van der Waals surface area contributed by atoms with Crippen molar-refractivity contribution in [2.45, 2.75) is 40.2 Å². The second kappa shape index (κ2) is 7.15. The summed E-state index contributed by atoms with van der Waals surface area (Å²) in [5.74, 6) is 1.93. The lowest BCUT2D eigenvalue weighted by atomic mass is 9.87. The van der Waals surface area contributed by atoms with Crippen LogP contribution in [-0.2, 0) is 0 Å². The Balaban J connectivity index is 2.83. The van der Waals surface area contributed by atoms with Crippen molar-refractivity contribution in [1.82, 2.24) is 0 Å². The molecule has 0 heterocycles. The van der Waals surface area contributed by atoms with Gasteiger partial charge in [0.25, 0.3) is 0 Å². The molecule has 2 unspecified atom stereocenters. The fraction of sp³-hybridized carbons (Fsp3) is 0.600. The summed E-state index contributed by atoms with van der Waals surface area (Å²) in [7, 11) is 0. The molecule has 18 heavy (non-hydrogen) atoms. The van der Waals surface area contributed by atoms with Gasteiger partial charge in [-0.15, -0.1) is 0 Å². The largest absolute Gasteiger partial charge is 0.492 e. The van der Waals surface area contributed by atoms with E-state index in [-0.39, 0.29) is 6.04 Å². The van der Waals surface area contributed by atoms with Crippen molar-refractivity contribution in [3.8, 4) is 5.75 Å². The minimum Gasteiger partial charge on any atom is -0.492 e. The Morgan fingerprint density at radius 2 is 1.94 bits per heavy atom. The van der Waals surface area contributed by atoms with Crippen LogP contribution in [0.4, 0.5) is 0 Å². The third kappa shape index (κ3) is 3.99. The fourth-order valence-electron chi connectivity index (χ4n) is 1.77. The number of halogens is 1. The van der Waals surface area contributed by atoms with E-state index in [0.717, 1.165) is 28.8 Å². The molecule has 0 aliphatic heterocycles. The number of hydrogen-bond acceptors (Lipinski definition) is 2. The van der Waals surface area contributed by atoms with Gasteiger partial charge in [0.2, 0.25) is 0 Å². The van der Waals surface area contributed by atoms with Gasteiger partial charge in [0.05, 0.1) is 11.1 Å². The number of ether oxygens (including phenoxy) is 1. The number of benzene rings is 1. The molecule has 0 aliphatic rings. The third-order valence-corrected chi connectivity index (χ3v) is 4.04. The molecule has 2 nitrogen and oxygen atoms in total. The molecule has 3 heteroatoms. The highest BCUT2D eigenvalue weighted by Crippen LogP contribution is 2.31. The van der Waals surface area contributed by atoms with E-state index in [9.17, 15) is 0 Å². The molecule has 102 valence electrons. The van der Waals surface area contributed by atoms with E-state index < -0.39 is 0 Å². The minimum absolute atomic E-state index is 0.0709. The van der Waals surface area contributed by atoms with Gasteiger partial charge in [-0.2, -0.15) is 0 Å². The molecule has 0 radical (unpaired) electrons. The summed E-state index contributed by atoms with van der Waals surface area (Å²) >= 11 is 3.55. The number of rotatable bonds is 6. The summed E-state index contributed by atoms with van der Waals surface area (Å²) in [4.78, 5) is 0. The average Bonchev–Trinajstić information content (AvgIpc) is 2.35. The zero-order valence-electron chi connectivity index (χ0n) is 11.7. The smallest absolute Gasteiger partial charge is 0.133 e. The van der Waals surface area contributed by atoms with Gasteiger partial charge in [-0.05, 0) is 51.9 Å². The van der Waals surface area contributed by atoms with E-state index >= 15 is 0 Å². The molecule has 2 atom stereocenters. The van der Waals surface area contributed by atoms with Crippen LogP contribution >= 0.6 is 15.9 Å². The molecule has 0 aliphatic carbocycles. The molecule has 1 aromatic carbocycles. The van der Waals surface area contributed by atoms with Crippen molar-refractivity contribution in [2.24, 2.45) is 17.6 Å². The van der Waals surface area contributed by atoms with Crippen LogP contribution in [0.1, 0.15) is 45.7 Å². The Morgan fingerprint density at radius 3 is 2.44 bits per heavy atom. The van der Waals surface area contributed by atoms with E-state index in [4.69, 9.17) is 10.5 Å². The van der Waals surface area contributed by atoms with Crippen molar-refractivity contribution in [2.75, 3.05) is 6.61 Å². The summed E-state index contributed by atoms with van der Waals surface area (Å²) in [6.07, 6.45) is 1.01. The molecule has 0 spiro atoms. The minimum atomic E-state index is 0.0709. The van der Waals surface area contributed by atoms with Crippen molar-refractivity contribution >= 4 is 15.9 Å². The second-order valence-electron chi connectivity index (χ2n) is 5.17. The highest BCUT2D eigenvalue weighted by atomic mass is 79.9. The summed E-state index contributed by atoms with van der Waals surface area (Å²) < 4.78 is 6.63. The Labute approximate surface area is 119 Å². The Kier molecular flexibility index (Phi) is 6.16. The summed E-state index contributed by atoms with van der Waals surface area (Å²) in [6, 6.07) is 6.22. The zero-order valence-corrected chi connectivity index (χ0v) is 13.3. The maximum atomic E-state index is 6.30. The maximum absolute atomic E-state index is 6.30. The van der Waals surface area contributed by atoms with Crippen LogP contribution in [0.5, 0.6) is 5.75 Å². The third-order valence-electron chi connectivity index (χ3n) is 3.42. The molecule has 1 aromatic rings. The van der Waals surface area contributed by atoms with Crippen molar-refractivity contribution < 1.29 is 4.74 Å². The van der Waals surface area contributed by atoms with Gasteiger partial charge in [-0.3, -0.25) is 0 Å². The average molecular weight is 314 g/mol. The molecule has 0 saturated heterocycles. The van der Waals surface area contributed by atoms with Crippen LogP contribution in [0, 0.1) is 11.8 Å². The molecule has 0 fully saturated rings. The molecule has 1 rings (SSSR count). The highest BCUT2D eigenvalue weighted by molar-refractivity contribution is 9.10. The predicted octanol–water partition coefficient (Wildman–Crippen LogP) is 4.53. The normalized spacial score (nSPS) is 14.6. The first-order valence-corrected chi connectivity index (χ1v) is 7.44. The molecule has 0 bridgehead atoms. The summed E-state index contributed by atoms with van der Waals surface area (Å²) in [5, 5.41) is 0. The lowest BCUT2D eigenvalue weighted by molar-refractivity contribution is 0.314. The van der Waals surface area contributed by atoms with Gasteiger partial charge in [-0.1, -0.05) is 33.8 Å². The van der Waals surface area contributed by atoms with Crippen molar-refractivity contribution in [3.05, 3.63) is 28.2 Å². The second-order valence-corrected chi connectivity index (χ2v) is 6.02. The van der Waals surface area contributed by atoms with Crippen LogP contribution in [0.2, 0.25) is 0 Å². The Bertz CT molecular complexity index is 379. The molecule has 0 amide bonds. The predicted molar refractivity (Wildman–Crippen MR) is 80.9 cm³/mol. The van der Waals surface area contributed by atoms with E-state index in [2.05, 4.69) is 55.8 Å². The topological polar surface area (TPSA) is 35.2 Å². The van der Waals surface area contributed by atoms with Gasteiger partial charge in [0, 0.05) is 6.04 Å². The molecule has 0 aromatic heterocycles.